The third-order valence-electron chi connectivity index (χ3n) is 3.38. The number of carbonyl (C=O) groups excluding carboxylic acids is 2. The normalized spacial score (nSPS) is 19.5. The summed E-state index contributed by atoms with van der Waals surface area (Å²) in [6.07, 6.45) is 4.62. The van der Waals surface area contributed by atoms with Gasteiger partial charge in [-0.05, 0) is 32.7 Å². The van der Waals surface area contributed by atoms with E-state index in [1.54, 1.807) is 6.07 Å². The molecule has 106 valence electrons. The molecule has 2 N–H and O–H groups in total. The number of amides is 2. The predicted molar refractivity (Wildman–Crippen MR) is 71.1 cm³/mol. The zero-order valence-corrected chi connectivity index (χ0v) is 11.4. The molecular weight excluding hydrogens is 244 g/mol. The van der Waals surface area contributed by atoms with E-state index in [1.165, 1.54) is 19.3 Å². The van der Waals surface area contributed by atoms with Gasteiger partial charge in [0.05, 0.1) is 6.07 Å². The second-order valence-electron chi connectivity index (χ2n) is 4.83. The first-order valence-electron chi connectivity index (χ1n) is 6.82. The van der Waals surface area contributed by atoms with Crippen molar-refractivity contribution in [3.8, 4) is 6.07 Å². The summed E-state index contributed by atoms with van der Waals surface area (Å²) >= 11 is 0. The van der Waals surface area contributed by atoms with E-state index < -0.39 is 11.8 Å². The average Bonchev–Trinajstić information content (AvgIpc) is 2.42. The van der Waals surface area contributed by atoms with Gasteiger partial charge in [-0.3, -0.25) is 9.59 Å². The molecule has 0 aliphatic carbocycles. The zero-order chi connectivity index (χ0) is 14.1. The SMILES string of the molecule is CC1CCCCN1CCCNC(=O)C(=O)NCC#N. The predicted octanol–water partition coefficient (Wildman–Crippen LogP) is 0.00688. The number of likely N-dealkylation sites (tertiary alicyclic amines) is 1. The van der Waals surface area contributed by atoms with E-state index in [9.17, 15) is 9.59 Å². The molecule has 6 nitrogen and oxygen atoms in total. The highest BCUT2D eigenvalue weighted by molar-refractivity contribution is 6.35. The first-order valence-corrected chi connectivity index (χ1v) is 6.82. The monoisotopic (exact) mass is 266 g/mol. The number of rotatable bonds is 5. The molecule has 1 aliphatic heterocycles. The van der Waals surface area contributed by atoms with Crippen molar-refractivity contribution in [1.82, 2.24) is 15.5 Å². The van der Waals surface area contributed by atoms with Crippen molar-refractivity contribution in [1.29, 1.82) is 5.26 Å². The topological polar surface area (TPSA) is 85.2 Å². The van der Waals surface area contributed by atoms with Crippen LogP contribution in [0.5, 0.6) is 0 Å². The van der Waals surface area contributed by atoms with E-state index in [1.807, 2.05) is 0 Å². The van der Waals surface area contributed by atoms with Gasteiger partial charge in [-0.25, -0.2) is 0 Å². The molecule has 0 saturated carbocycles. The number of piperidine rings is 1. The number of nitrogens with one attached hydrogen (secondary N) is 2. The molecule has 0 aromatic carbocycles. The van der Waals surface area contributed by atoms with Gasteiger partial charge in [0.25, 0.3) is 0 Å². The highest BCUT2D eigenvalue weighted by Crippen LogP contribution is 2.15. The minimum absolute atomic E-state index is 0.141. The van der Waals surface area contributed by atoms with Crippen molar-refractivity contribution in [2.45, 2.75) is 38.6 Å². The lowest BCUT2D eigenvalue weighted by atomic mass is 10.0. The first kappa shape index (κ1) is 15.4. The van der Waals surface area contributed by atoms with Gasteiger partial charge in [0.2, 0.25) is 0 Å². The Balaban J connectivity index is 2.11. The molecule has 0 spiro atoms. The fourth-order valence-electron chi connectivity index (χ4n) is 2.25. The lowest BCUT2D eigenvalue weighted by Gasteiger charge is -2.33. The van der Waals surface area contributed by atoms with E-state index in [0.717, 1.165) is 19.5 Å². The molecule has 1 heterocycles. The molecule has 1 unspecified atom stereocenters. The molecule has 19 heavy (non-hydrogen) atoms. The second kappa shape index (κ2) is 8.48. The van der Waals surface area contributed by atoms with Gasteiger partial charge in [-0.1, -0.05) is 6.42 Å². The van der Waals surface area contributed by atoms with Crippen LogP contribution in [-0.4, -0.2) is 48.9 Å². The Morgan fingerprint density at radius 2 is 2.05 bits per heavy atom. The number of hydrogen-bond donors (Lipinski definition) is 2. The van der Waals surface area contributed by atoms with Crippen LogP contribution in [0.1, 0.15) is 32.6 Å². The highest BCUT2D eigenvalue weighted by atomic mass is 16.2. The highest BCUT2D eigenvalue weighted by Gasteiger charge is 2.17. The van der Waals surface area contributed by atoms with E-state index in [2.05, 4.69) is 22.5 Å². The number of nitrogens with zero attached hydrogens (tertiary/aromatic N) is 2. The number of carbonyl (C=O) groups is 2. The molecular formula is C13H22N4O2. The summed E-state index contributed by atoms with van der Waals surface area (Å²) < 4.78 is 0. The maximum absolute atomic E-state index is 11.3. The van der Waals surface area contributed by atoms with Gasteiger partial charge in [0, 0.05) is 19.1 Å². The van der Waals surface area contributed by atoms with Crippen LogP contribution in [0.3, 0.4) is 0 Å². The van der Waals surface area contributed by atoms with E-state index in [0.29, 0.717) is 12.6 Å². The Hall–Kier alpha value is -1.61. The van der Waals surface area contributed by atoms with Crippen molar-refractivity contribution >= 4 is 11.8 Å². The fraction of sp³-hybridized carbons (Fsp3) is 0.769. The molecule has 0 bridgehead atoms. The second-order valence-corrected chi connectivity index (χ2v) is 4.83. The van der Waals surface area contributed by atoms with Crippen molar-refractivity contribution in [3.63, 3.8) is 0 Å². The molecule has 6 heteroatoms. The lowest BCUT2D eigenvalue weighted by molar-refractivity contribution is -0.139. The maximum Gasteiger partial charge on any atom is 0.310 e. The summed E-state index contributed by atoms with van der Waals surface area (Å²) in [5, 5.41) is 13.0. The molecule has 1 rings (SSSR count). The van der Waals surface area contributed by atoms with Crippen LogP contribution in [-0.2, 0) is 9.59 Å². The Morgan fingerprint density at radius 1 is 1.32 bits per heavy atom. The lowest BCUT2D eigenvalue weighted by Crippen LogP contribution is -2.42. The van der Waals surface area contributed by atoms with Gasteiger partial charge in [0.15, 0.2) is 0 Å². The van der Waals surface area contributed by atoms with E-state index in [4.69, 9.17) is 5.26 Å². The van der Waals surface area contributed by atoms with Gasteiger partial charge < -0.3 is 15.5 Å². The van der Waals surface area contributed by atoms with E-state index in [-0.39, 0.29) is 6.54 Å². The number of hydrogen-bond acceptors (Lipinski definition) is 4. The van der Waals surface area contributed by atoms with Gasteiger partial charge in [-0.15, -0.1) is 0 Å². The quantitative estimate of drug-likeness (QED) is 0.417. The summed E-state index contributed by atoms with van der Waals surface area (Å²) in [5.74, 6) is -1.41. The van der Waals surface area contributed by atoms with E-state index >= 15 is 0 Å². The summed E-state index contributed by atoms with van der Waals surface area (Å²) in [6, 6.07) is 2.36. The maximum atomic E-state index is 11.3. The minimum atomic E-state index is -0.743. The van der Waals surface area contributed by atoms with Gasteiger partial charge >= 0.3 is 11.8 Å². The Morgan fingerprint density at radius 3 is 2.74 bits per heavy atom. The molecule has 0 aromatic heterocycles. The van der Waals surface area contributed by atoms with Crippen LogP contribution in [0.25, 0.3) is 0 Å². The fourth-order valence-corrected chi connectivity index (χ4v) is 2.25. The summed E-state index contributed by atoms with van der Waals surface area (Å²) in [5.41, 5.74) is 0. The molecule has 1 atom stereocenters. The van der Waals surface area contributed by atoms with Crippen molar-refractivity contribution in [2.24, 2.45) is 0 Å². The Kier molecular flexibility index (Phi) is 6.90. The summed E-state index contributed by atoms with van der Waals surface area (Å²) in [6.45, 7) is 4.64. The van der Waals surface area contributed by atoms with Crippen LogP contribution in [0.15, 0.2) is 0 Å². The molecule has 2 amide bonds. The molecule has 0 radical (unpaired) electrons. The van der Waals surface area contributed by atoms with Gasteiger partial charge in [-0.2, -0.15) is 5.26 Å². The number of nitriles is 1. The van der Waals surface area contributed by atoms with Crippen molar-refractivity contribution < 1.29 is 9.59 Å². The summed E-state index contributed by atoms with van der Waals surface area (Å²) in [7, 11) is 0. The Labute approximate surface area is 114 Å². The standard InChI is InChI=1S/C13H22N4O2/c1-11-5-2-3-9-17(11)10-4-7-15-12(18)13(19)16-8-6-14/h11H,2-5,7-10H2,1H3,(H,15,18)(H,16,19). The smallest absolute Gasteiger partial charge is 0.310 e. The summed E-state index contributed by atoms with van der Waals surface area (Å²) in [4.78, 5) is 24.9. The van der Waals surface area contributed by atoms with Crippen LogP contribution in [0.2, 0.25) is 0 Å². The molecule has 1 aliphatic rings. The van der Waals surface area contributed by atoms with Crippen LogP contribution in [0, 0.1) is 11.3 Å². The van der Waals surface area contributed by atoms with Crippen molar-refractivity contribution in [2.75, 3.05) is 26.2 Å². The van der Waals surface area contributed by atoms with Gasteiger partial charge in [0.1, 0.15) is 6.54 Å². The third kappa shape index (κ3) is 5.71. The van der Waals surface area contributed by atoms with Crippen LogP contribution < -0.4 is 10.6 Å². The Bertz CT molecular complexity index is 351. The third-order valence-corrected chi connectivity index (χ3v) is 3.38. The molecule has 1 fully saturated rings. The molecule has 1 saturated heterocycles. The first-order chi connectivity index (χ1) is 9.15. The minimum Gasteiger partial charge on any atom is -0.348 e. The average molecular weight is 266 g/mol. The van der Waals surface area contributed by atoms with Crippen molar-refractivity contribution in [3.05, 3.63) is 0 Å². The van der Waals surface area contributed by atoms with Crippen LogP contribution >= 0.6 is 0 Å². The largest absolute Gasteiger partial charge is 0.348 e. The van der Waals surface area contributed by atoms with Crippen LogP contribution in [0.4, 0.5) is 0 Å². The molecule has 0 aromatic rings. The zero-order valence-electron chi connectivity index (χ0n) is 11.4.